The van der Waals surface area contributed by atoms with Gasteiger partial charge >= 0.3 is 0 Å². The average Bonchev–Trinajstić information content (AvgIpc) is 3.37. The van der Waals surface area contributed by atoms with Crippen molar-refractivity contribution in [1.29, 1.82) is 0 Å². The van der Waals surface area contributed by atoms with Crippen LogP contribution in [-0.4, -0.2) is 37.1 Å². The number of ether oxygens (including phenoxy) is 2. The molecule has 1 aliphatic rings. The number of amides is 1. The van der Waals surface area contributed by atoms with E-state index in [2.05, 4.69) is 0 Å². The molecule has 0 saturated heterocycles. The number of nitrogens with zero attached hydrogens (tertiary/aromatic N) is 1. The number of para-hydroxylation sites is 3. The molecule has 0 bridgehead atoms. The lowest BCUT2D eigenvalue weighted by Crippen LogP contribution is -2.43. The number of carbonyl (C=O) groups excluding carboxylic acids is 2. The summed E-state index contributed by atoms with van der Waals surface area (Å²) in [7, 11) is 1.56. The molecule has 0 spiro atoms. The Kier molecular flexibility index (Phi) is 5.57. The van der Waals surface area contributed by atoms with Crippen LogP contribution in [0, 0.1) is 0 Å². The molecule has 4 rings (SSSR count). The van der Waals surface area contributed by atoms with Crippen molar-refractivity contribution in [3.05, 3.63) is 76.5 Å². The molecule has 0 aliphatic carbocycles. The van der Waals surface area contributed by atoms with Crippen LogP contribution in [0.25, 0.3) is 0 Å². The quantitative estimate of drug-likeness (QED) is 0.560. The number of Topliss-reactive ketones (excluding diaryl/α,β-unsaturated/α-hetero) is 1. The molecule has 1 aromatic heterocycles. The Labute approximate surface area is 178 Å². The third-order valence-electron chi connectivity index (χ3n) is 5.09. The number of hydrogen-bond donors (Lipinski definition) is 1. The Morgan fingerprint density at radius 2 is 1.80 bits per heavy atom. The summed E-state index contributed by atoms with van der Waals surface area (Å²) in [5.74, 6) is 0.395. The second-order valence-electron chi connectivity index (χ2n) is 6.91. The van der Waals surface area contributed by atoms with Gasteiger partial charge < -0.3 is 19.5 Å². The molecule has 154 valence electrons. The lowest BCUT2D eigenvalue weighted by molar-refractivity contribution is -0.135. The summed E-state index contributed by atoms with van der Waals surface area (Å²) in [6.07, 6.45) is -0.298. The van der Waals surface area contributed by atoms with Crippen LogP contribution >= 0.6 is 11.3 Å². The molecule has 0 saturated carbocycles. The van der Waals surface area contributed by atoms with Gasteiger partial charge in [0.25, 0.3) is 5.91 Å². The first-order valence-electron chi connectivity index (χ1n) is 9.51. The van der Waals surface area contributed by atoms with Gasteiger partial charge in [-0.05, 0) is 29.6 Å². The third-order valence-corrected chi connectivity index (χ3v) is 6.00. The first-order chi connectivity index (χ1) is 14.5. The summed E-state index contributed by atoms with van der Waals surface area (Å²) in [5, 5.41) is 13.1. The van der Waals surface area contributed by atoms with Gasteiger partial charge in [0.1, 0.15) is 6.61 Å². The topological polar surface area (TPSA) is 76.1 Å². The third kappa shape index (κ3) is 3.58. The van der Waals surface area contributed by atoms with Crippen molar-refractivity contribution in [1.82, 2.24) is 0 Å². The van der Waals surface area contributed by atoms with Gasteiger partial charge in [-0.3, -0.25) is 9.59 Å². The van der Waals surface area contributed by atoms with Crippen LogP contribution in [0.1, 0.15) is 21.7 Å². The van der Waals surface area contributed by atoms with Gasteiger partial charge in [0.05, 0.1) is 30.6 Å². The Morgan fingerprint density at radius 3 is 2.53 bits per heavy atom. The average molecular weight is 423 g/mol. The van der Waals surface area contributed by atoms with Crippen LogP contribution in [0.5, 0.6) is 11.5 Å². The summed E-state index contributed by atoms with van der Waals surface area (Å²) in [5.41, 5.74) is -0.855. The standard InChI is InChI=1S/C23H21NO5S/c1-28-19-9-4-5-10-20(19)29-13-12-24-17-8-3-2-7-16(17)23(27,22(24)26)15-18(25)21-11-6-14-30-21/h2-11,14,27H,12-13,15H2,1H3/t23-/m0/s1. The van der Waals surface area contributed by atoms with E-state index in [1.54, 1.807) is 61.0 Å². The van der Waals surface area contributed by atoms with E-state index < -0.39 is 11.5 Å². The summed E-state index contributed by atoms with van der Waals surface area (Å²) >= 11 is 1.29. The highest BCUT2D eigenvalue weighted by atomic mass is 32.1. The van der Waals surface area contributed by atoms with Crippen molar-refractivity contribution >= 4 is 28.7 Å². The first kappa shape index (κ1) is 20.1. The van der Waals surface area contributed by atoms with Gasteiger partial charge in [-0.15, -0.1) is 11.3 Å². The molecular weight excluding hydrogens is 402 g/mol. The molecule has 7 heteroatoms. The van der Waals surface area contributed by atoms with E-state index in [9.17, 15) is 14.7 Å². The maximum absolute atomic E-state index is 13.2. The Hall–Kier alpha value is -3.16. The van der Waals surface area contributed by atoms with Crippen LogP contribution in [0.15, 0.2) is 66.0 Å². The summed E-state index contributed by atoms with van der Waals surface area (Å²) < 4.78 is 11.1. The van der Waals surface area contributed by atoms with Crippen LogP contribution in [-0.2, 0) is 10.4 Å². The van der Waals surface area contributed by atoms with E-state index in [-0.39, 0.29) is 25.4 Å². The van der Waals surface area contributed by atoms with Crippen molar-refractivity contribution in [3.8, 4) is 11.5 Å². The molecule has 1 aliphatic heterocycles. The molecular formula is C23H21NO5S. The van der Waals surface area contributed by atoms with Crippen LogP contribution in [0.2, 0.25) is 0 Å². The van der Waals surface area contributed by atoms with E-state index in [1.165, 1.54) is 16.2 Å². The van der Waals surface area contributed by atoms with Crippen LogP contribution < -0.4 is 14.4 Å². The summed E-state index contributed by atoms with van der Waals surface area (Å²) in [4.78, 5) is 27.8. The lowest BCUT2D eigenvalue weighted by Gasteiger charge is -2.22. The first-order valence-corrected chi connectivity index (χ1v) is 10.4. The van der Waals surface area contributed by atoms with Crippen molar-refractivity contribution in [2.45, 2.75) is 12.0 Å². The normalized spacial score (nSPS) is 17.7. The molecule has 1 amide bonds. The maximum atomic E-state index is 13.2. The van der Waals surface area contributed by atoms with Crippen LogP contribution in [0.4, 0.5) is 5.69 Å². The fourth-order valence-corrected chi connectivity index (χ4v) is 4.31. The predicted octanol–water partition coefficient (Wildman–Crippen LogP) is 3.64. The highest BCUT2D eigenvalue weighted by Crippen LogP contribution is 2.43. The van der Waals surface area contributed by atoms with Crippen molar-refractivity contribution < 1.29 is 24.2 Å². The second kappa shape index (κ2) is 8.30. The molecule has 1 N–H and O–H groups in total. The molecule has 3 aromatic rings. The number of aliphatic hydroxyl groups is 1. The molecule has 2 aromatic carbocycles. The Balaban J connectivity index is 1.53. The number of benzene rings is 2. The number of rotatable bonds is 8. The largest absolute Gasteiger partial charge is 0.493 e. The molecule has 0 fully saturated rings. The Bertz CT molecular complexity index is 1060. The van der Waals surface area contributed by atoms with E-state index in [0.717, 1.165) is 0 Å². The number of hydrogen-bond acceptors (Lipinski definition) is 6. The molecule has 6 nitrogen and oxygen atoms in total. The Morgan fingerprint density at radius 1 is 1.07 bits per heavy atom. The van der Waals surface area contributed by atoms with Gasteiger partial charge in [-0.2, -0.15) is 0 Å². The zero-order chi connectivity index (χ0) is 21.1. The number of carbonyl (C=O) groups is 2. The molecule has 30 heavy (non-hydrogen) atoms. The van der Waals surface area contributed by atoms with E-state index in [0.29, 0.717) is 27.6 Å². The number of methoxy groups -OCH3 is 1. The lowest BCUT2D eigenvalue weighted by atomic mass is 9.89. The fraction of sp³-hybridized carbons (Fsp3) is 0.217. The highest BCUT2D eigenvalue weighted by Gasteiger charge is 2.50. The zero-order valence-corrected chi connectivity index (χ0v) is 17.2. The van der Waals surface area contributed by atoms with Gasteiger partial charge in [-0.1, -0.05) is 36.4 Å². The SMILES string of the molecule is COc1ccccc1OCCN1C(=O)[C@](O)(CC(=O)c2cccs2)c2ccccc21. The van der Waals surface area contributed by atoms with Gasteiger partial charge in [0.2, 0.25) is 0 Å². The minimum Gasteiger partial charge on any atom is -0.493 e. The van der Waals surface area contributed by atoms with Crippen LogP contribution in [0.3, 0.4) is 0 Å². The van der Waals surface area contributed by atoms with E-state index >= 15 is 0 Å². The second-order valence-corrected chi connectivity index (χ2v) is 7.86. The molecule has 0 unspecified atom stereocenters. The number of fused-ring (bicyclic) bond motifs is 1. The monoisotopic (exact) mass is 423 g/mol. The molecule has 2 heterocycles. The highest BCUT2D eigenvalue weighted by molar-refractivity contribution is 7.12. The molecule has 0 radical (unpaired) electrons. The number of anilines is 1. The van der Waals surface area contributed by atoms with E-state index in [4.69, 9.17) is 9.47 Å². The fourth-order valence-electron chi connectivity index (χ4n) is 3.64. The smallest absolute Gasteiger partial charge is 0.264 e. The van der Waals surface area contributed by atoms with Gasteiger partial charge in [-0.25, -0.2) is 0 Å². The number of thiophene rings is 1. The van der Waals surface area contributed by atoms with E-state index in [1.807, 2.05) is 12.1 Å². The van der Waals surface area contributed by atoms with Gasteiger partial charge in [0, 0.05) is 5.56 Å². The summed E-state index contributed by atoms with van der Waals surface area (Å²) in [6, 6.07) is 17.7. The summed E-state index contributed by atoms with van der Waals surface area (Å²) in [6.45, 7) is 0.429. The predicted molar refractivity (Wildman–Crippen MR) is 114 cm³/mol. The molecule has 1 atom stereocenters. The minimum absolute atomic E-state index is 0.204. The number of ketones is 1. The maximum Gasteiger partial charge on any atom is 0.264 e. The minimum atomic E-state index is -1.89. The van der Waals surface area contributed by atoms with Gasteiger partial charge in [0.15, 0.2) is 22.9 Å². The zero-order valence-electron chi connectivity index (χ0n) is 16.4. The van der Waals surface area contributed by atoms with Crippen molar-refractivity contribution in [2.24, 2.45) is 0 Å². The van der Waals surface area contributed by atoms with Crippen molar-refractivity contribution in [3.63, 3.8) is 0 Å². The van der Waals surface area contributed by atoms with Crippen molar-refractivity contribution in [2.75, 3.05) is 25.2 Å².